The van der Waals surface area contributed by atoms with Gasteiger partial charge in [0.25, 0.3) is 5.56 Å². The number of para-hydroxylation sites is 2. The molecule has 0 spiro atoms. The smallest absolute Gasteiger partial charge is 0.407 e. The Labute approximate surface area is 272 Å². The maximum Gasteiger partial charge on any atom is 0.407 e. The lowest BCUT2D eigenvalue weighted by molar-refractivity contribution is 0.0499. The van der Waals surface area contributed by atoms with Crippen molar-refractivity contribution in [2.24, 2.45) is 7.05 Å². The number of ether oxygens (including phenoxy) is 1. The van der Waals surface area contributed by atoms with Crippen LogP contribution in [0.25, 0.3) is 22.2 Å². The minimum absolute atomic E-state index is 0.0193. The molecule has 3 aromatic heterocycles. The molecule has 0 aliphatic carbocycles. The zero-order valence-corrected chi connectivity index (χ0v) is 27.5. The number of hydrogen-bond acceptors (Lipinski definition) is 7. The number of piperidine rings is 1. The molecule has 0 saturated carbocycles. The molecule has 244 valence electrons. The first-order chi connectivity index (χ1) is 22.5. The summed E-state index contributed by atoms with van der Waals surface area (Å²) in [6.07, 6.45) is 1.10. The van der Waals surface area contributed by atoms with Crippen molar-refractivity contribution in [1.29, 1.82) is 0 Å². The number of benzene rings is 2. The number of nitrogens with zero attached hydrogens (tertiary/aromatic N) is 7. The summed E-state index contributed by atoms with van der Waals surface area (Å²) in [6, 6.07) is 17.6. The van der Waals surface area contributed by atoms with E-state index < -0.39 is 22.9 Å². The minimum Gasteiger partial charge on any atom is -0.444 e. The third-order valence-electron chi connectivity index (χ3n) is 8.27. The van der Waals surface area contributed by atoms with E-state index in [-0.39, 0.29) is 30.3 Å². The molecule has 1 amide bonds. The van der Waals surface area contributed by atoms with Gasteiger partial charge in [-0.15, -0.1) is 5.92 Å². The van der Waals surface area contributed by atoms with Crippen LogP contribution in [0, 0.1) is 11.8 Å². The van der Waals surface area contributed by atoms with Crippen molar-refractivity contribution in [2.45, 2.75) is 71.8 Å². The highest BCUT2D eigenvalue weighted by atomic mass is 16.6. The van der Waals surface area contributed by atoms with Crippen molar-refractivity contribution < 1.29 is 9.53 Å². The van der Waals surface area contributed by atoms with Crippen molar-refractivity contribution >= 4 is 34.2 Å². The number of carbonyl (C=O) groups excluding carboxylic acids is 1. The van der Waals surface area contributed by atoms with Gasteiger partial charge in [0.15, 0.2) is 11.2 Å². The number of aromatic nitrogens is 6. The molecule has 1 N–H and O–H groups in total. The SMILES string of the molecule is CC#CCn1c(N2CCCC(NC(=O)OC(C)(C)C)C2)nc2c1c(=O)n(Cc1nc3ccccc3n1Cc1ccccc1)c(=O)n2C. The summed E-state index contributed by atoms with van der Waals surface area (Å²) in [5.74, 6) is 7.13. The number of anilines is 1. The normalized spacial score (nSPS) is 15.1. The molecule has 1 aliphatic rings. The summed E-state index contributed by atoms with van der Waals surface area (Å²) >= 11 is 0. The van der Waals surface area contributed by atoms with Crippen LogP contribution in [-0.2, 0) is 31.4 Å². The van der Waals surface area contributed by atoms with E-state index in [0.717, 1.165) is 29.4 Å². The first kappa shape index (κ1) is 31.7. The van der Waals surface area contributed by atoms with Crippen LogP contribution in [0.4, 0.5) is 10.7 Å². The van der Waals surface area contributed by atoms with E-state index in [2.05, 4.69) is 21.7 Å². The van der Waals surface area contributed by atoms with Crippen molar-refractivity contribution in [3.05, 3.63) is 86.8 Å². The fraction of sp³-hybridized carbons (Fsp3) is 0.400. The molecule has 12 nitrogen and oxygen atoms in total. The Bertz CT molecular complexity index is 2120. The molecule has 12 heteroatoms. The Balaban J connectivity index is 1.41. The van der Waals surface area contributed by atoms with E-state index in [1.807, 2.05) is 80.3 Å². The fourth-order valence-electron chi connectivity index (χ4n) is 6.13. The summed E-state index contributed by atoms with van der Waals surface area (Å²) in [7, 11) is 1.63. The number of fused-ring (bicyclic) bond motifs is 2. The largest absolute Gasteiger partial charge is 0.444 e. The third kappa shape index (κ3) is 6.52. The molecule has 1 atom stereocenters. The van der Waals surface area contributed by atoms with Crippen LogP contribution in [0.2, 0.25) is 0 Å². The molecule has 0 radical (unpaired) electrons. The Morgan fingerprint density at radius 3 is 2.49 bits per heavy atom. The average Bonchev–Trinajstić information content (AvgIpc) is 3.59. The molecule has 1 fully saturated rings. The molecular weight excluding hydrogens is 596 g/mol. The van der Waals surface area contributed by atoms with Gasteiger partial charge in [-0.3, -0.25) is 18.5 Å². The molecule has 4 heterocycles. The molecular formula is C35H40N8O4. The zero-order chi connectivity index (χ0) is 33.3. The van der Waals surface area contributed by atoms with Gasteiger partial charge in [0, 0.05) is 32.7 Å². The molecule has 2 aromatic carbocycles. The van der Waals surface area contributed by atoms with E-state index >= 15 is 0 Å². The predicted octanol–water partition coefficient (Wildman–Crippen LogP) is 3.86. The minimum atomic E-state index is -0.610. The standard InChI is InChI=1S/C35H40N8O4/c1-6-7-20-41-29-30(38-32(41)40-19-13-16-25(22-40)36-33(45)47-35(2,3)4)39(5)34(46)43(31(29)44)23-28-37-26-17-11-12-18-27(26)42(28)21-24-14-9-8-10-15-24/h8-12,14-15,17-18,25H,13,16,19-23H2,1-5H3,(H,36,45). The average molecular weight is 637 g/mol. The van der Waals surface area contributed by atoms with E-state index in [0.29, 0.717) is 31.4 Å². The third-order valence-corrected chi connectivity index (χ3v) is 8.27. The fourth-order valence-corrected chi connectivity index (χ4v) is 6.13. The summed E-state index contributed by atoms with van der Waals surface area (Å²) < 4.78 is 12.0. The number of amides is 1. The zero-order valence-electron chi connectivity index (χ0n) is 27.5. The van der Waals surface area contributed by atoms with E-state index in [1.54, 1.807) is 18.5 Å². The lowest BCUT2D eigenvalue weighted by Gasteiger charge is -2.34. The lowest BCUT2D eigenvalue weighted by atomic mass is 10.1. The Hall–Kier alpha value is -5.31. The number of nitrogens with one attached hydrogen (secondary N) is 1. The highest BCUT2D eigenvalue weighted by molar-refractivity contribution is 5.77. The van der Waals surface area contributed by atoms with E-state index in [1.165, 1.54) is 9.13 Å². The Kier molecular flexibility index (Phi) is 8.64. The number of imidazole rings is 2. The maximum atomic E-state index is 14.3. The van der Waals surface area contributed by atoms with Gasteiger partial charge in [-0.1, -0.05) is 48.4 Å². The van der Waals surface area contributed by atoms with Crippen molar-refractivity contribution in [3.63, 3.8) is 0 Å². The van der Waals surface area contributed by atoms with E-state index in [4.69, 9.17) is 14.7 Å². The number of carbonyl (C=O) groups is 1. The highest BCUT2D eigenvalue weighted by Gasteiger charge is 2.29. The van der Waals surface area contributed by atoms with Crippen molar-refractivity contribution in [2.75, 3.05) is 18.0 Å². The second-order valence-electron chi connectivity index (χ2n) is 12.8. The topological polar surface area (TPSA) is 121 Å². The number of hydrogen-bond donors (Lipinski definition) is 1. The molecule has 0 bridgehead atoms. The first-order valence-corrected chi connectivity index (χ1v) is 15.9. The van der Waals surface area contributed by atoms with Gasteiger partial charge in [-0.2, -0.15) is 4.98 Å². The second kappa shape index (κ2) is 12.8. The summed E-state index contributed by atoms with van der Waals surface area (Å²) in [5.41, 5.74) is 1.80. The summed E-state index contributed by atoms with van der Waals surface area (Å²) in [4.78, 5) is 52.4. The van der Waals surface area contributed by atoms with Crippen LogP contribution in [-0.4, -0.2) is 59.1 Å². The monoisotopic (exact) mass is 636 g/mol. The van der Waals surface area contributed by atoms with Crippen molar-refractivity contribution in [3.8, 4) is 11.8 Å². The van der Waals surface area contributed by atoms with Gasteiger partial charge in [0.2, 0.25) is 5.95 Å². The van der Waals surface area contributed by atoms with Crippen molar-refractivity contribution in [1.82, 2.24) is 33.6 Å². The Morgan fingerprint density at radius 1 is 1.00 bits per heavy atom. The van der Waals surface area contributed by atoms with Crippen LogP contribution < -0.4 is 21.5 Å². The molecule has 1 aliphatic heterocycles. The molecule has 5 aromatic rings. The number of aryl methyl sites for hydroxylation is 1. The van der Waals surface area contributed by atoms with Crippen LogP contribution >= 0.6 is 0 Å². The van der Waals surface area contributed by atoms with Gasteiger partial charge >= 0.3 is 11.8 Å². The predicted molar refractivity (Wildman–Crippen MR) is 182 cm³/mol. The molecule has 1 saturated heterocycles. The van der Waals surface area contributed by atoms with Crippen LogP contribution in [0.15, 0.2) is 64.2 Å². The van der Waals surface area contributed by atoms with Gasteiger partial charge in [0.05, 0.1) is 24.1 Å². The van der Waals surface area contributed by atoms with Gasteiger partial charge in [-0.25, -0.2) is 14.6 Å². The molecule has 6 rings (SSSR count). The number of rotatable bonds is 7. The van der Waals surface area contributed by atoms with Gasteiger partial charge in [0.1, 0.15) is 11.4 Å². The Morgan fingerprint density at radius 2 is 1.74 bits per heavy atom. The quantitative estimate of drug-likeness (QED) is 0.270. The van der Waals surface area contributed by atoms with Gasteiger partial charge < -0.3 is 19.5 Å². The first-order valence-electron chi connectivity index (χ1n) is 15.9. The van der Waals surface area contributed by atoms with Crippen LogP contribution in [0.1, 0.15) is 51.9 Å². The van der Waals surface area contributed by atoms with E-state index in [9.17, 15) is 14.4 Å². The second-order valence-corrected chi connectivity index (χ2v) is 12.8. The highest BCUT2D eigenvalue weighted by Crippen LogP contribution is 2.24. The molecule has 47 heavy (non-hydrogen) atoms. The van der Waals surface area contributed by atoms with Crippen LogP contribution in [0.5, 0.6) is 0 Å². The van der Waals surface area contributed by atoms with Crippen LogP contribution in [0.3, 0.4) is 0 Å². The number of alkyl carbamates (subject to hydrolysis) is 1. The summed E-state index contributed by atoms with van der Waals surface area (Å²) in [5, 5.41) is 2.98. The maximum absolute atomic E-state index is 14.3. The lowest BCUT2D eigenvalue weighted by Crippen LogP contribution is -2.49. The summed E-state index contributed by atoms with van der Waals surface area (Å²) in [6.45, 7) is 9.08. The molecule has 1 unspecified atom stereocenters. The van der Waals surface area contributed by atoms with Gasteiger partial charge in [-0.05, 0) is 58.2 Å².